The van der Waals surface area contributed by atoms with Crippen molar-refractivity contribution < 1.29 is 4.74 Å². The molecular weight excluding hydrogens is 198 g/mol. The summed E-state index contributed by atoms with van der Waals surface area (Å²) in [6.07, 6.45) is 3.94. The number of rotatable bonds is 3. The van der Waals surface area contributed by atoms with Crippen molar-refractivity contribution in [2.24, 2.45) is 0 Å². The Hall–Kier alpha value is -1.12. The Morgan fingerprint density at radius 2 is 1.88 bits per heavy atom. The van der Waals surface area contributed by atoms with Gasteiger partial charge < -0.3 is 10.1 Å². The molecule has 2 nitrogen and oxygen atoms in total. The third-order valence-electron chi connectivity index (χ3n) is 3.47. The average Bonchev–Trinajstić information content (AvgIpc) is 2.39. The summed E-state index contributed by atoms with van der Waals surface area (Å²) < 4.78 is 5.77. The number of piperidine rings is 1. The van der Waals surface area contributed by atoms with Crippen LogP contribution < -0.4 is 5.32 Å². The summed E-state index contributed by atoms with van der Waals surface area (Å²) in [4.78, 5) is 0. The zero-order valence-electron chi connectivity index (χ0n) is 9.83. The molecule has 86 valence electrons. The van der Waals surface area contributed by atoms with Crippen LogP contribution in [0, 0.1) is 0 Å². The topological polar surface area (TPSA) is 21.3 Å². The first kappa shape index (κ1) is 11.4. The minimum atomic E-state index is -0.0923. The second-order valence-corrected chi connectivity index (χ2v) is 4.27. The van der Waals surface area contributed by atoms with Crippen molar-refractivity contribution in [3.8, 4) is 0 Å². The quantitative estimate of drug-likeness (QED) is 0.840. The molecule has 1 heterocycles. The molecule has 0 amide bonds. The van der Waals surface area contributed by atoms with Crippen molar-refractivity contribution in [2.45, 2.75) is 18.4 Å². The van der Waals surface area contributed by atoms with E-state index in [0.29, 0.717) is 0 Å². The van der Waals surface area contributed by atoms with Crippen LogP contribution in [0.3, 0.4) is 0 Å². The maximum Gasteiger partial charge on any atom is 0.0951 e. The van der Waals surface area contributed by atoms with Gasteiger partial charge in [0.2, 0.25) is 0 Å². The van der Waals surface area contributed by atoms with Crippen LogP contribution in [0.5, 0.6) is 0 Å². The fraction of sp³-hybridized carbons (Fsp3) is 0.429. The number of hydrogen-bond acceptors (Lipinski definition) is 2. The lowest BCUT2D eigenvalue weighted by molar-refractivity contribution is -0.0391. The molecule has 1 aliphatic heterocycles. The third-order valence-corrected chi connectivity index (χ3v) is 3.47. The molecule has 0 saturated carbocycles. The molecule has 1 fully saturated rings. The Kier molecular flexibility index (Phi) is 3.42. The monoisotopic (exact) mass is 217 g/mol. The van der Waals surface area contributed by atoms with Gasteiger partial charge in [0.15, 0.2) is 0 Å². The van der Waals surface area contributed by atoms with Gasteiger partial charge in [-0.1, -0.05) is 36.9 Å². The second kappa shape index (κ2) is 4.81. The van der Waals surface area contributed by atoms with E-state index in [1.54, 1.807) is 0 Å². The lowest BCUT2D eigenvalue weighted by Gasteiger charge is -2.37. The Balaban J connectivity index is 2.28. The molecule has 0 unspecified atom stereocenters. The molecule has 0 atom stereocenters. The first-order valence-corrected chi connectivity index (χ1v) is 5.79. The van der Waals surface area contributed by atoms with Gasteiger partial charge >= 0.3 is 0 Å². The molecule has 1 saturated heterocycles. The highest BCUT2D eigenvalue weighted by Gasteiger charge is 2.33. The zero-order chi connectivity index (χ0) is 11.4. The number of hydrogen-bond donors (Lipinski definition) is 1. The normalized spacial score (nSPS) is 19.3. The maximum atomic E-state index is 5.77. The number of nitrogens with one attached hydrogen (secondary N) is 1. The summed E-state index contributed by atoms with van der Waals surface area (Å²) in [6, 6.07) is 8.52. The molecule has 0 aromatic heterocycles. The Morgan fingerprint density at radius 3 is 2.38 bits per heavy atom. The molecule has 2 heteroatoms. The van der Waals surface area contributed by atoms with Crippen molar-refractivity contribution in [2.75, 3.05) is 20.2 Å². The van der Waals surface area contributed by atoms with Gasteiger partial charge in [0.25, 0.3) is 0 Å². The van der Waals surface area contributed by atoms with Crippen molar-refractivity contribution in [1.82, 2.24) is 5.32 Å². The average molecular weight is 217 g/mol. The summed E-state index contributed by atoms with van der Waals surface area (Å²) in [7, 11) is 1.81. The predicted molar refractivity (Wildman–Crippen MR) is 67.3 cm³/mol. The fourth-order valence-electron chi connectivity index (χ4n) is 2.36. The maximum absolute atomic E-state index is 5.77. The van der Waals surface area contributed by atoms with E-state index in [4.69, 9.17) is 4.74 Å². The van der Waals surface area contributed by atoms with E-state index >= 15 is 0 Å². The zero-order valence-corrected chi connectivity index (χ0v) is 9.83. The Morgan fingerprint density at radius 1 is 1.25 bits per heavy atom. The van der Waals surface area contributed by atoms with E-state index in [-0.39, 0.29) is 5.60 Å². The largest absolute Gasteiger partial charge is 0.373 e. The van der Waals surface area contributed by atoms with Crippen LogP contribution in [0.15, 0.2) is 30.8 Å². The molecule has 1 aromatic carbocycles. The van der Waals surface area contributed by atoms with Crippen molar-refractivity contribution in [3.05, 3.63) is 42.0 Å². The van der Waals surface area contributed by atoms with E-state index in [2.05, 4.69) is 36.2 Å². The molecule has 2 rings (SSSR count). The van der Waals surface area contributed by atoms with E-state index in [9.17, 15) is 0 Å². The molecule has 16 heavy (non-hydrogen) atoms. The van der Waals surface area contributed by atoms with Gasteiger partial charge in [-0.3, -0.25) is 0 Å². The molecule has 1 aromatic rings. The lowest BCUT2D eigenvalue weighted by atomic mass is 9.84. The summed E-state index contributed by atoms with van der Waals surface area (Å²) in [5.41, 5.74) is 2.34. The van der Waals surface area contributed by atoms with E-state index < -0.39 is 0 Å². The van der Waals surface area contributed by atoms with Crippen molar-refractivity contribution in [1.29, 1.82) is 0 Å². The highest BCUT2D eigenvalue weighted by atomic mass is 16.5. The van der Waals surface area contributed by atoms with Gasteiger partial charge in [-0.05, 0) is 37.1 Å². The van der Waals surface area contributed by atoms with E-state index in [1.165, 1.54) is 5.56 Å². The van der Waals surface area contributed by atoms with Crippen LogP contribution in [-0.2, 0) is 10.3 Å². The molecule has 1 N–H and O–H groups in total. The van der Waals surface area contributed by atoms with Gasteiger partial charge in [-0.2, -0.15) is 0 Å². The number of methoxy groups -OCH3 is 1. The minimum absolute atomic E-state index is 0.0923. The molecule has 0 radical (unpaired) electrons. The number of ether oxygens (including phenoxy) is 1. The SMILES string of the molecule is C=Cc1ccc(C2(OC)CCNCC2)cc1. The summed E-state index contributed by atoms with van der Waals surface area (Å²) >= 11 is 0. The van der Waals surface area contributed by atoms with Crippen LogP contribution in [-0.4, -0.2) is 20.2 Å². The van der Waals surface area contributed by atoms with Crippen molar-refractivity contribution in [3.63, 3.8) is 0 Å². The van der Waals surface area contributed by atoms with Crippen LogP contribution in [0.1, 0.15) is 24.0 Å². The summed E-state index contributed by atoms with van der Waals surface area (Å²) in [6.45, 7) is 5.82. The van der Waals surface area contributed by atoms with Gasteiger partial charge in [0.05, 0.1) is 5.60 Å². The van der Waals surface area contributed by atoms with Crippen LogP contribution in [0.4, 0.5) is 0 Å². The highest BCUT2D eigenvalue weighted by Crippen LogP contribution is 2.34. The first-order valence-electron chi connectivity index (χ1n) is 5.79. The first-order chi connectivity index (χ1) is 7.80. The molecular formula is C14H19NO. The van der Waals surface area contributed by atoms with Gasteiger partial charge in [-0.15, -0.1) is 0 Å². The highest BCUT2D eigenvalue weighted by molar-refractivity contribution is 5.47. The van der Waals surface area contributed by atoms with Crippen LogP contribution >= 0.6 is 0 Å². The van der Waals surface area contributed by atoms with Crippen LogP contribution in [0.25, 0.3) is 6.08 Å². The molecule has 0 aliphatic carbocycles. The molecule has 1 aliphatic rings. The van der Waals surface area contributed by atoms with E-state index in [0.717, 1.165) is 31.5 Å². The smallest absolute Gasteiger partial charge is 0.0951 e. The Labute approximate surface area is 97.3 Å². The standard InChI is InChI=1S/C14H19NO/c1-3-12-4-6-13(7-5-12)14(16-2)8-10-15-11-9-14/h3-7,15H,1,8-11H2,2H3. The Bertz CT molecular complexity index is 350. The fourth-order valence-corrected chi connectivity index (χ4v) is 2.36. The minimum Gasteiger partial charge on any atom is -0.373 e. The molecule has 0 spiro atoms. The van der Waals surface area contributed by atoms with Gasteiger partial charge in [0.1, 0.15) is 0 Å². The predicted octanol–water partition coefficient (Wildman–Crippen LogP) is 2.55. The lowest BCUT2D eigenvalue weighted by Crippen LogP contribution is -2.41. The molecule has 0 bridgehead atoms. The number of benzene rings is 1. The summed E-state index contributed by atoms with van der Waals surface area (Å²) in [5, 5.41) is 3.37. The van der Waals surface area contributed by atoms with Crippen LogP contribution in [0.2, 0.25) is 0 Å². The van der Waals surface area contributed by atoms with E-state index in [1.807, 2.05) is 13.2 Å². The third kappa shape index (κ3) is 2.04. The van der Waals surface area contributed by atoms with Crippen molar-refractivity contribution >= 4 is 6.08 Å². The second-order valence-electron chi connectivity index (χ2n) is 4.27. The van der Waals surface area contributed by atoms with Gasteiger partial charge in [0, 0.05) is 7.11 Å². The summed E-state index contributed by atoms with van der Waals surface area (Å²) in [5.74, 6) is 0. The van der Waals surface area contributed by atoms with Gasteiger partial charge in [-0.25, -0.2) is 0 Å².